The molecule has 0 heterocycles. The van der Waals surface area contributed by atoms with Gasteiger partial charge in [0.05, 0.1) is 18.2 Å². The van der Waals surface area contributed by atoms with Gasteiger partial charge in [0.1, 0.15) is 19.0 Å². The minimum atomic E-state index is -0.452. The highest BCUT2D eigenvalue weighted by molar-refractivity contribution is 9.10. The van der Waals surface area contributed by atoms with Crippen LogP contribution in [0.1, 0.15) is 27.0 Å². The molecule has 0 spiro atoms. The van der Waals surface area contributed by atoms with Gasteiger partial charge in [-0.05, 0) is 59.7 Å². The van der Waals surface area contributed by atoms with Crippen LogP contribution < -0.4 is 19.6 Å². The van der Waals surface area contributed by atoms with Crippen molar-refractivity contribution in [2.75, 3.05) is 7.11 Å². The Morgan fingerprint density at radius 2 is 1.56 bits per heavy atom. The molecule has 0 unspecified atom stereocenters. The topological polar surface area (TPSA) is 112 Å². The summed E-state index contributed by atoms with van der Waals surface area (Å²) in [5.41, 5.74) is 5.27. The van der Waals surface area contributed by atoms with Crippen LogP contribution in [0.2, 0.25) is 0 Å². The van der Waals surface area contributed by atoms with Crippen LogP contribution in [0.3, 0.4) is 0 Å². The van der Waals surface area contributed by atoms with Crippen molar-refractivity contribution in [3.8, 4) is 17.2 Å². The predicted molar refractivity (Wildman–Crippen MR) is 150 cm³/mol. The Bertz CT molecular complexity index is 1480. The molecule has 0 aliphatic carbocycles. The molecule has 0 fully saturated rings. The highest BCUT2D eigenvalue weighted by Gasteiger charge is 2.12. The zero-order valence-corrected chi connectivity index (χ0v) is 22.5. The lowest BCUT2D eigenvalue weighted by Crippen LogP contribution is -2.17. The molecule has 0 aliphatic rings. The van der Waals surface area contributed by atoms with Gasteiger partial charge in [0, 0.05) is 27.7 Å². The first-order valence-electron chi connectivity index (χ1n) is 11.8. The summed E-state index contributed by atoms with van der Waals surface area (Å²) in [4.78, 5) is 23.1. The van der Waals surface area contributed by atoms with Gasteiger partial charge in [-0.25, -0.2) is 5.43 Å². The average Bonchev–Trinajstić information content (AvgIpc) is 2.96. The van der Waals surface area contributed by atoms with Crippen molar-refractivity contribution in [2.45, 2.75) is 13.2 Å². The van der Waals surface area contributed by atoms with Gasteiger partial charge in [-0.2, -0.15) is 5.10 Å². The van der Waals surface area contributed by atoms with E-state index in [1.165, 1.54) is 25.5 Å². The van der Waals surface area contributed by atoms with Crippen molar-refractivity contribution >= 4 is 33.7 Å². The maximum Gasteiger partial charge on any atom is 0.271 e. The van der Waals surface area contributed by atoms with E-state index in [1.807, 2.05) is 36.4 Å². The van der Waals surface area contributed by atoms with E-state index >= 15 is 0 Å². The molecule has 9 nitrogen and oxygen atoms in total. The number of methoxy groups -OCH3 is 1. The van der Waals surface area contributed by atoms with E-state index in [2.05, 4.69) is 26.5 Å². The number of ether oxygens (including phenoxy) is 3. The molecular formula is C29H24BrN3O6. The number of halogens is 1. The fourth-order valence-corrected chi connectivity index (χ4v) is 3.89. The molecule has 0 aliphatic heterocycles. The summed E-state index contributed by atoms with van der Waals surface area (Å²) in [6.45, 7) is 0.569. The molecule has 4 aromatic rings. The van der Waals surface area contributed by atoms with E-state index in [1.54, 1.807) is 42.5 Å². The van der Waals surface area contributed by atoms with E-state index in [0.717, 1.165) is 15.6 Å². The average molecular weight is 590 g/mol. The zero-order valence-electron chi connectivity index (χ0n) is 20.9. The van der Waals surface area contributed by atoms with E-state index in [0.29, 0.717) is 35.0 Å². The van der Waals surface area contributed by atoms with Crippen LogP contribution in [0.4, 0.5) is 5.69 Å². The van der Waals surface area contributed by atoms with Crippen LogP contribution >= 0.6 is 15.9 Å². The standard InChI is InChI=1S/C29H24BrN3O6/c1-37-28-16-22(9-13-27(28)39-18-20-5-3-2-4-6-20)29(34)32-31-17-23-15-24(30)10-14-26(23)38-19-21-7-11-25(12-8-21)33(35)36/h2-17H,18-19H2,1H3,(H,32,34)/b31-17+. The summed E-state index contributed by atoms with van der Waals surface area (Å²) in [6, 6.07) is 26.1. The Hall–Kier alpha value is -4.70. The fraction of sp³-hybridized carbons (Fsp3) is 0.103. The lowest BCUT2D eigenvalue weighted by atomic mass is 10.2. The minimum Gasteiger partial charge on any atom is -0.493 e. The van der Waals surface area contributed by atoms with Gasteiger partial charge < -0.3 is 14.2 Å². The lowest BCUT2D eigenvalue weighted by Gasteiger charge is -2.12. The molecule has 4 rings (SSSR count). The molecule has 198 valence electrons. The fourth-order valence-electron chi connectivity index (χ4n) is 3.52. The molecule has 1 amide bonds. The number of carbonyl (C=O) groups excluding carboxylic acids is 1. The van der Waals surface area contributed by atoms with Crippen molar-refractivity contribution in [2.24, 2.45) is 5.10 Å². The summed E-state index contributed by atoms with van der Waals surface area (Å²) in [7, 11) is 1.51. The first-order chi connectivity index (χ1) is 18.9. The van der Waals surface area contributed by atoms with Crippen molar-refractivity contribution < 1.29 is 23.9 Å². The molecule has 10 heteroatoms. The number of nitrogens with zero attached hydrogens (tertiary/aromatic N) is 2. The van der Waals surface area contributed by atoms with Gasteiger partial charge in [0.15, 0.2) is 11.5 Å². The first-order valence-corrected chi connectivity index (χ1v) is 12.6. The minimum absolute atomic E-state index is 0.0120. The normalized spacial score (nSPS) is 10.7. The molecule has 4 aromatic carbocycles. The van der Waals surface area contributed by atoms with Crippen LogP contribution in [0.5, 0.6) is 17.2 Å². The number of hydrazone groups is 1. The highest BCUT2D eigenvalue weighted by Crippen LogP contribution is 2.29. The Balaban J connectivity index is 1.39. The third kappa shape index (κ3) is 7.65. The van der Waals surface area contributed by atoms with Gasteiger partial charge in [0.25, 0.3) is 11.6 Å². The summed E-state index contributed by atoms with van der Waals surface area (Å²) in [6.07, 6.45) is 1.47. The second-order valence-electron chi connectivity index (χ2n) is 8.23. The number of hydrogen-bond donors (Lipinski definition) is 1. The number of non-ortho nitro benzene ring substituents is 1. The smallest absolute Gasteiger partial charge is 0.271 e. The van der Waals surface area contributed by atoms with Crippen molar-refractivity contribution in [1.29, 1.82) is 0 Å². The van der Waals surface area contributed by atoms with Gasteiger partial charge in [-0.3, -0.25) is 14.9 Å². The number of rotatable bonds is 11. The third-order valence-electron chi connectivity index (χ3n) is 5.55. The molecule has 0 saturated carbocycles. The molecule has 0 bridgehead atoms. The van der Waals surface area contributed by atoms with Crippen molar-refractivity contribution in [3.05, 3.63) is 128 Å². The van der Waals surface area contributed by atoms with E-state index < -0.39 is 10.8 Å². The maximum atomic E-state index is 12.7. The Morgan fingerprint density at radius 1 is 0.897 bits per heavy atom. The van der Waals surface area contributed by atoms with Crippen LogP contribution in [-0.4, -0.2) is 24.2 Å². The van der Waals surface area contributed by atoms with Crippen LogP contribution in [-0.2, 0) is 13.2 Å². The quantitative estimate of drug-likeness (QED) is 0.125. The number of carbonyl (C=O) groups is 1. The summed E-state index contributed by atoms with van der Waals surface area (Å²) >= 11 is 3.43. The van der Waals surface area contributed by atoms with E-state index in [4.69, 9.17) is 14.2 Å². The second-order valence-corrected chi connectivity index (χ2v) is 9.15. The van der Waals surface area contributed by atoms with Crippen molar-refractivity contribution in [3.63, 3.8) is 0 Å². The van der Waals surface area contributed by atoms with Crippen LogP contribution in [0, 0.1) is 10.1 Å². The first kappa shape index (κ1) is 27.3. The van der Waals surface area contributed by atoms with Gasteiger partial charge in [-0.1, -0.05) is 46.3 Å². The number of benzene rings is 4. The molecular weight excluding hydrogens is 566 g/mol. The Kier molecular flexibility index (Phi) is 9.25. The summed E-state index contributed by atoms with van der Waals surface area (Å²) in [5.74, 6) is 1.04. The van der Waals surface area contributed by atoms with Crippen molar-refractivity contribution in [1.82, 2.24) is 5.43 Å². The SMILES string of the molecule is COc1cc(C(=O)N/N=C/c2cc(Br)ccc2OCc2ccc([N+](=O)[O-])cc2)ccc1OCc1ccccc1. The van der Waals surface area contributed by atoms with Gasteiger partial charge in [0.2, 0.25) is 0 Å². The summed E-state index contributed by atoms with van der Waals surface area (Å²) < 4.78 is 18.0. The van der Waals surface area contributed by atoms with Crippen LogP contribution in [0.15, 0.2) is 101 Å². The Morgan fingerprint density at radius 3 is 2.26 bits per heavy atom. The molecule has 0 saturated heterocycles. The largest absolute Gasteiger partial charge is 0.493 e. The lowest BCUT2D eigenvalue weighted by molar-refractivity contribution is -0.384. The van der Waals surface area contributed by atoms with Gasteiger partial charge in [-0.15, -0.1) is 0 Å². The predicted octanol–water partition coefficient (Wildman–Crippen LogP) is 6.29. The Labute approximate surface area is 233 Å². The second kappa shape index (κ2) is 13.2. The molecule has 1 N–H and O–H groups in total. The number of nitro groups is 1. The van der Waals surface area contributed by atoms with E-state index in [-0.39, 0.29) is 12.3 Å². The molecule has 39 heavy (non-hydrogen) atoms. The number of nitrogens with one attached hydrogen (secondary N) is 1. The highest BCUT2D eigenvalue weighted by atomic mass is 79.9. The van der Waals surface area contributed by atoms with Crippen LogP contribution in [0.25, 0.3) is 0 Å². The summed E-state index contributed by atoms with van der Waals surface area (Å²) in [5, 5.41) is 14.9. The number of nitro benzene ring substituents is 1. The monoisotopic (exact) mass is 589 g/mol. The third-order valence-corrected chi connectivity index (χ3v) is 6.04. The number of hydrogen-bond acceptors (Lipinski definition) is 7. The van der Waals surface area contributed by atoms with Gasteiger partial charge >= 0.3 is 0 Å². The molecule has 0 aromatic heterocycles. The molecule has 0 radical (unpaired) electrons. The zero-order chi connectivity index (χ0) is 27.6. The maximum absolute atomic E-state index is 12.7. The number of amides is 1. The van der Waals surface area contributed by atoms with E-state index in [9.17, 15) is 14.9 Å². The molecule has 0 atom stereocenters.